The minimum atomic E-state index is -0.465. The molecule has 0 atom stereocenters. The van der Waals surface area contributed by atoms with Crippen LogP contribution in [0.2, 0.25) is 10.0 Å². The van der Waals surface area contributed by atoms with Crippen LogP contribution in [0.25, 0.3) is 10.2 Å². The highest BCUT2D eigenvalue weighted by Crippen LogP contribution is 2.28. The second-order valence-electron chi connectivity index (χ2n) is 6.16. The predicted octanol–water partition coefficient (Wildman–Crippen LogP) is 4.02. The van der Waals surface area contributed by atoms with E-state index in [4.69, 9.17) is 27.9 Å². The first-order chi connectivity index (χ1) is 12.8. The van der Waals surface area contributed by atoms with Gasteiger partial charge in [0.15, 0.2) is 0 Å². The Hall–Kier alpha value is -1.93. The van der Waals surface area contributed by atoms with Crippen LogP contribution in [0.4, 0.5) is 0 Å². The summed E-state index contributed by atoms with van der Waals surface area (Å²) in [6.45, 7) is 2.75. The number of methoxy groups -OCH3 is 1. The van der Waals surface area contributed by atoms with E-state index in [0.29, 0.717) is 49.6 Å². The van der Waals surface area contributed by atoms with Crippen molar-refractivity contribution in [3.63, 3.8) is 0 Å². The number of benzene rings is 1. The number of aryl methyl sites for hydroxylation is 1. The quantitative estimate of drug-likeness (QED) is 0.624. The van der Waals surface area contributed by atoms with Crippen molar-refractivity contribution in [1.29, 1.82) is 0 Å². The SMILES string of the molecule is COC(=O)c1sc2nc(CN(C)Cc3ccc(Cl)c(Cl)c3)[nH]c(=O)c2c1C. The van der Waals surface area contributed by atoms with Crippen molar-refractivity contribution in [3.05, 3.63) is 60.4 Å². The number of halogens is 2. The largest absolute Gasteiger partial charge is 0.465 e. The first-order valence-corrected chi connectivity index (χ1v) is 9.60. The Labute approximate surface area is 169 Å². The summed E-state index contributed by atoms with van der Waals surface area (Å²) in [6, 6.07) is 5.46. The lowest BCUT2D eigenvalue weighted by molar-refractivity contribution is 0.0605. The fraction of sp³-hybridized carbons (Fsp3) is 0.278. The number of nitrogens with one attached hydrogen (secondary N) is 1. The van der Waals surface area contributed by atoms with Crippen LogP contribution in [0.1, 0.15) is 26.6 Å². The van der Waals surface area contributed by atoms with E-state index in [1.165, 1.54) is 7.11 Å². The van der Waals surface area contributed by atoms with Gasteiger partial charge in [0.2, 0.25) is 0 Å². The highest BCUT2D eigenvalue weighted by atomic mass is 35.5. The number of carbonyl (C=O) groups is 1. The first-order valence-electron chi connectivity index (χ1n) is 8.03. The van der Waals surface area contributed by atoms with Gasteiger partial charge in [-0.3, -0.25) is 9.69 Å². The van der Waals surface area contributed by atoms with Crippen LogP contribution in [0.5, 0.6) is 0 Å². The van der Waals surface area contributed by atoms with Gasteiger partial charge in [0, 0.05) is 6.54 Å². The van der Waals surface area contributed by atoms with Gasteiger partial charge in [-0.05, 0) is 37.2 Å². The number of hydrogen-bond acceptors (Lipinski definition) is 6. The minimum Gasteiger partial charge on any atom is -0.465 e. The third kappa shape index (κ3) is 4.16. The summed E-state index contributed by atoms with van der Waals surface area (Å²) in [4.78, 5) is 34.5. The van der Waals surface area contributed by atoms with E-state index in [1.54, 1.807) is 13.0 Å². The van der Waals surface area contributed by atoms with Gasteiger partial charge in [-0.2, -0.15) is 0 Å². The van der Waals surface area contributed by atoms with E-state index in [-0.39, 0.29) is 5.56 Å². The molecule has 142 valence electrons. The fourth-order valence-corrected chi connectivity index (χ4v) is 4.25. The summed E-state index contributed by atoms with van der Waals surface area (Å²) >= 11 is 13.2. The molecule has 2 heterocycles. The second-order valence-corrected chi connectivity index (χ2v) is 7.97. The Morgan fingerprint density at radius 1 is 1.30 bits per heavy atom. The smallest absolute Gasteiger partial charge is 0.348 e. The van der Waals surface area contributed by atoms with E-state index in [2.05, 4.69) is 9.97 Å². The molecule has 3 aromatic rings. The number of nitrogens with zero attached hydrogens (tertiary/aromatic N) is 2. The number of fused-ring (bicyclic) bond motifs is 1. The molecule has 6 nitrogen and oxygen atoms in total. The van der Waals surface area contributed by atoms with Crippen molar-refractivity contribution >= 4 is 50.7 Å². The standard InChI is InChI=1S/C18H17Cl2N3O3S/c1-9-14-16(24)21-13(22-17(14)27-15(9)18(25)26-3)8-23(2)7-10-4-5-11(19)12(20)6-10/h4-6H,7-8H2,1-3H3,(H,21,22,24). The topological polar surface area (TPSA) is 75.3 Å². The summed E-state index contributed by atoms with van der Waals surface area (Å²) in [5, 5.41) is 1.44. The molecule has 0 saturated carbocycles. The number of thiophene rings is 1. The van der Waals surface area contributed by atoms with Crippen LogP contribution in [0.3, 0.4) is 0 Å². The van der Waals surface area contributed by atoms with Gasteiger partial charge >= 0.3 is 5.97 Å². The van der Waals surface area contributed by atoms with Crippen LogP contribution >= 0.6 is 34.5 Å². The van der Waals surface area contributed by atoms with E-state index < -0.39 is 5.97 Å². The van der Waals surface area contributed by atoms with E-state index >= 15 is 0 Å². The molecule has 0 aliphatic carbocycles. The summed E-state index contributed by atoms with van der Waals surface area (Å²) in [5.41, 5.74) is 1.32. The molecule has 2 aromatic heterocycles. The van der Waals surface area contributed by atoms with Crippen molar-refractivity contribution in [2.45, 2.75) is 20.0 Å². The molecule has 0 spiro atoms. The molecular formula is C18H17Cl2N3O3S. The number of aromatic amines is 1. The van der Waals surface area contributed by atoms with Crippen LogP contribution in [0.15, 0.2) is 23.0 Å². The van der Waals surface area contributed by atoms with Crippen LogP contribution in [0, 0.1) is 6.92 Å². The van der Waals surface area contributed by atoms with E-state index in [0.717, 1.165) is 16.9 Å². The molecule has 0 aliphatic rings. The summed E-state index contributed by atoms with van der Waals surface area (Å²) < 4.78 is 4.77. The molecule has 0 radical (unpaired) electrons. The van der Waals surface area contributed by atoms with Gasteiger partial charge in [-0.25, -0.2) is 9.78 Å². The molecule has 0 aliphatic heterocycles. The molecule has 0 bridgehead atoms. The molecule has 3 rings (SSSR count). The number of aromatic nitrogens is 2. The highest BCUT2D eigenvalue weighted by Gasteiger charge is 2.20. The van der Waals surface area contributed by atoms with E-state index in [9.17, 15) is 9.59 Å². The Morgan fingerprint density at radius 2 is 2.04 bits per heavy atom. The van der Waals surface area contributed by atoms with Crippen LogP contribution in [-0.4, -0.2) is 35.0 Å². The molecular weight excluding hydrogens is 409 g/mol. The second kappa shape index (κ2) is 7.98. The molecule has 27 heavy (non-hydrogen) atoms. The minimum absolute atomic E-state index is 0.262. The van der Waals surface area contributed by atoms with Crippen molar-refractivity contribution in [2.24, 2.45) is 0 Å². The molecule has 0 amide bonds. The van der Waals surface area contributed by atoms with Gasteiger partial charge in [0.05, 0.1) is 29.1 Å². The molecule has 0 unspecified atom stereocenters. The van der Waals surface area contributed by atoms with Crippen LogP contribution < -0.4 is 5.56 Å². The average molecular weight is 426 g/mol. The molecule has 9 heteroatoms. The number of hydrogen-bond donors (Lipinski definition) is 1. The maximum absolute atomic E-state index is 12.5. The Kier molecular flexibility index (Phi) is 5.86. The lowest BCUT2D eigenvalue weighted by Gasteiger charge is -2.16. The number of ether oxygens (including phenoxy) is 1. The van der Waals surface area contributed by atoms with Gasteiger partial charge < -0.3 is 9.72 Å². The normalized spacial score (nSPS) is 11.3. The molecule has 0 fully saturated rings. The average Bonchev–Trinajstić information content (AvgIpc) is 2.94. The summed E-state index contributed by atoms with van der Waals surface area (Å²) in [7, 11) is 3.22. The molecule has 1 N–H and O–H groups in total. The van der Waals surface area contributed by atoms with Crippen molar-refractivity contribution in [2.75, 3.05) is 14.2 Å². The van der Waals surface area contributed by atoms with Crippen molar-refractivity contribution in [1.82, 2.24) is 14.9 Å². The first kappa shape index (κ1) is 19.8. The van der Waals surface area contributed by atoms with Crippen LogP contribution in [-0.2, 0) is 17.8 Å². The van der Waals surface area contributed by atoms with Crippen molar-refractivity contribution < 1.29 is 9.53 Å². The summed E-state index contributed by atoms with van der Waals surface area (Å²) in [6.07, 6.45) is 0. The van der Waals surface area contributed by atoms with Gasteiger partial charge in [-0.15, -0.1) is 11.3 Å². The van der Waals surface area contributed by atoms with Gasteiger partial charge in [-0.1, -0.05) is 29.3 Å². The maximum atomic E-state index is 12.5. The fourth-order valence-electron chi connectivity index (χ4n) is 2.81. The number of carbonyl (C=O) groups excluding carboxylic acids is 1. The third-order valence-corrected chi connectivity index (χ3v) is 5.98. The van der Waals surface area contributed by atoms with Crippen molar-refractivity contribution in [3.8, 4) is 0 Å². The lowest BCUT2D eigenvalue weighted by atomic mass is 10.2. The molecule has 1 aromatic carbocycles. The highest BCUT2D eigenvalue weighted by molar-refractivity contribution is 7.20. The van der Waals surface area contributed by atoms with Gasteiger partial charge in [0.25, 0.3) is 5.56 Å². The Morgan fingerprint density at radius 3 is 2.70 bits per heavy atom. The lowest BCUT2D eigenvalue weighted by Crippen LogP contribution is -2.21. The van der Waals surface area contributed by atoms with Gasteiger partial charge in [0.1, 0.15) is 15.5 Å². The Balaban J connectivity index is 1.85. The third-order valence-electron chi connectivity index (χ3n) is 4.08. The molecule has 0 saturated heterocycles. The number of H-pyrrole nitrogens is 1. The Bertz CT molecular complexity index is 1080. The number of esters is 1. The zero-order valence-corrected chi connectivity index (χ0v) is 17.3. The zero-order chi connectivity index (χ0) is 19.7. The van der Waals surface area contributed by atoms with E-state index in [1.807, 2.05) is 24.1 Å². The monoisotopic (exact) mass is 425 g/mol. The maximum Gasteiger partial charge on any atom is 0.348 e. The zero-order valence-electron chi connectivity index (χ0n) is 14.9. The number of rotatable bonds is 5. The summed E-state index contributed by atoms with van der Waals surface area (Å²) in [5.74, 6) is 0.0564. The predicted molar refractivity (Wildman–Crippen MR) is 108 cm³/mol.